The molecule has 0 aliphatic carbocycles. The Balaban J connectivity index is 0.000000433. The third-order valence-electron chi connectivity index (χ3n) is 5.33. The lowest BCUT2D eigenvalue weighted by Crippen LogP contribution is -2.45. The second-order valence-electron chi connectivity index (χ2n) is 7.31. The van der Waals surface area contributed by atoms with Crippen LogP contribution in [0.1, 0.15) is 55.5 Å². The topological polar surface area (TPSA) is 89.9 Å². The average Bonchev–Trinajstić information content (AvgIpc) is 2.83. The van der Waals surface area contributed by atoms with Gasteiger partial charge in [0.2, 0.25) is 5.78 Å². The molecule has 0 fully saturated rings. The van der Waals surface area contributed by atoms with Crippen LogP contribution < -0.4 is 4.74 Å². The van der Waals surface area contributed by atoms with Gasteiger partial charge < -0.3 is 14.6 Å². The van der Waals surface area contributed by atoms with E-state index >= 15 is 0 Å². The van der Waals surface area contributed by atoms with Gasteiger partial charge in [-0.15, -0.1) is 0 Å². The number of ketones is 1. The third-order valence-corrected chi connectivity index (χ3v) is 5.99. The number of unbranched alkanes of at least 4 members (excludes halogenated alkanes) is 1. The summed E-state index contributed by atoms with van der Waals surface area (Å²) in [5.74, 6) is -1.09. The van der Waals surface area contributed by atoms with Crippen molar-refractivity contribution in [2.45, 2.75) is 45.1 Å². The standard InChI is InChI=1S/C17H16O5.C8H17OP/c1-21-14-11-7-6-10-13(14)17(22-2,16(19)20)15(18)12-8-4-3-5-9-12;1-3-5-6-8(4-2)7-10-9/h3-11H,1-2H3,(H,19,20);8H,3-7H2,1-2H3. The number of ether oxygens (including phenoxy) is 2. The largest absolute Gasteiger partial charge is 0.496 e. The Hall–Kier alpha value is -2.56. The highest BCUT2D eigenvalue weighted by molar-refractivity contribution is 7.23. The van der Waals surface area contributed by atoms with Crippen LogP contribution in [0.5, 0.6) is 5.75 Å². The molecule has 1 N–H and O–H groups in total. The van der Waals surface area contributed by atoms with Gasteiger partial charge in [0.15, 0.2) is 8.46 Å². The summed E-state index contributed by atoms with van der Waals surface area (Å²) in [5.41, 5.74) is -1.76. The molecule has 2 aromatic carbocycles. The molecular formula is C25H33O6P. The van der Waals surface area contributed by atoms with Gasteiger partial charge in [0.05, 0.1) is 7.11 Å². The molecule has 0 aliphatic rings. The van der Waals surface area contributed by atoms with E-state index in [1.807, 2.05) is 0 Å². The summed E-state index contributed by atoms with van der Waals surface area (Å²) in [6, 6.07) is 14.6. The Morgan fingerprint density at radius 1 is 1.03 bits per heavy atom. The first kappa shape index (κ1) is 27.5. The van der Waals surface area contributed by atoms with Crippen molar-refractivity contribution < 1.29 is 28.7 Å². The van der Waals surface area contributed by atoms with Gasteiger partial charge in [0, 0.05) is 24.4 Å². The molecule has 7 heteroatoms. The normalized spacial score (nSPS) is 13.4. The van der Waals surface area contributed by atoms with E-state index in [-0.39, 0.29) is 16.9 Å². The molecule has 0 amide bonds. The van der Waals surface area contributed by atoms with E-state index in [9.17, 15) is 19.3 Å². The first-order valence-corrected chi connectivity index (χ1v) is 11.7. The summed E-state index contributed by atoms with van der Waals surface area (Å²) >= 11 is 0. The van der Waals surface area contributed by atoms with Crippen LogP contribution in [0.15, 0.2) is 54.6 Å². The smallest absolute Gasteiger partial charge is 0.349 e. The summed E-state index contributed by atoms with van der Waals surface area (Å²) in [6.07, 6.45) is 5.83. The molecule has 32 heavy (non-hydrogen) atoms. The molecule has 6 nitrogen and oxygen atoms in total. The van der Waals surface area contributed by atoms with E-state index in [1.165, 1.54) is 46.0 Å². The second kappa shape index (κ2) is 14.5. The zero-order valence-corrected chi connectivity index (χ0v) is 20.1. The van der Waals surface area contributed by atoms with Crippen LogP contribution in [-0.2, 0) is 19.7 Å². The second-order valence-corrected chi connectivity index (χ2v) is 7.94. The monoisotopic (exact) mass is 460 g/mol. The Kier molecular flexibility index (Phi) is 12.4. The number of carboxylic acids is 1. The number of hydrogen-bond acceptors (Lipinski definition) is 5. The fourth-order valence-electron chi connectivity index (χ4n) is 3.38. The van der Waals surface area contributed by atoms with E-state index in [0.29, 0.717) is 14.4 Å². The molecule has 0 spiro atoms. The Morgan fingerprint density at radius 3 is 2.16 bits per heavy atom. The third kappa shape index (κ3) is 6.98. The Morgan fingerprint density at radius 2 is 1.66 bits per heavy atom. The lowest BCUT2D eigenvalue weighted by atomic mass is 9.85. The molecule has 2 rings (SSSR count). The predicted octanol–water partition coefficient (Wildman–Crippen LogP) is 6.00. The van der Waals surface area contributed by atoms with E-state index in [4.69, 9.17) is 9.47 Å². The van der Waals surface area contributed by atoms with E-state index < -0.39 is 17.4 Å². The summed E-state index contributed by atoms with van der Waals surface area (Å²) < 4.78 is 20.6. The van der Waals surface area contributed by atoms with Crippen molar-refractivity contribution in [2.75, 3.05) is 20.4 Å². The van der Waals surface area contributed by atoms with Crippen LogP contribution in [0.2, 0.25) is 0 Å². The lowest BCUT2D eigenvalue weighted by molar-refractivity contribution is -0.157. The van der Waals surface area contributed by atoms with Crippen LogP contribution in [0, 0.1) is 5.92 Å². The number of hydrogen-bond donors (Lipinski definition) is 1. The van der Waals surface area contributed by atoms with Crippen molar-refractivity contribution >= 4 is 20.2 Å². The number of para-hydroxylation sites is 1. The Bertz CT molecular complexity index is 855. The number of methoxy groups -OCH3 is 2. The minimum atomic E-state index is -2.16. The SMILES string of the molecule is CCCCC(CC)CP=O.COc1ccccc1C(OC)(C(=O)O)C(=O)c1ccccc1. The zero-order chi connectivity index (χ0) is 24.0. The molecule has 2 unspecified atom stereocenters. The quantitative estimate of drug-likeness (QED) is 0.237. The van der Waals surface area contributed by atoms with Gasteiger partial charge in [-0.25, -0.2) is 4.79 Å². The minimum absolute atomic E-state index is 0.154. The molecule has 0 saturated heterocycles. The molecular weight excluding hydrogens is 427 g/mol. The fraction of sp³-hybridized carbons (Fsp3) is 0.440. The molecule has 2 aromatic rings. The van der Waals surface area contributed by atoms with Gasteiger partial charge in [-0.1, -0.05) is 81.6 Å². The summed E-state index contributed by atoms with van der Waals surface area (Å²) in [5, 5.41) is 9.73. The number of carboxylic acid groups (broad SMARTS) is 1. The highest BCUT2D eigenvalue weighted by Gasteiger charge is 2.50. The van der Waals surface area contributed by atoms with Gasteiger partial charge in [0.25, 0.3) is 5.60 Å². The maximum atomic E-state index is 12.8. The maximum absolute atomic E-state index is 12.8. The van der Waals surface area contributed by atoms with Crippen molar-refractivity contribution in [1.82, 2.24) is 0 Å². The number of carbonyl (C=O) groups is 2. The van der Waals surface area contributed by atoms with Crippen molar-refractivity contribution in [3.05, 3.63) is 65.7 Å². The van der Waals surface area contributed by atoms with Crippen molar-refractivity contribution in [3.8, 4) is 5.75 Å². The summed E-state index contributed by atoms with van der Waals surface area (Å²) in [7, 11) is 2.93. The van der Waals surface area contributed by atoms with Crippen molar-refractivity contribution in [2.24, 2.45) is 5.92 Å². The molecule has 2 atom stereocenters. The van der Waals surface area contributed by atoms with Gasteiger partial charge >= 0.3 is 5.97 Å². The van der Waals surface area contributed by atoms with Gasteiger partial charge in [-0.05, 0) is 18.4 Å². The number of benzene rings is 2. The fourth-order valence-corrected chi connectivity index (χ4v) is 4.03. The van der Waals surface area contributed by atoms with Gasteiger partial charge in [0.1, 0.15) is 5.75 Å². The van der Waals surface area contributed by atoms with Crippen molar-refractivity contribution in [3.63, 3.8) is 0 Å². The molecule has 0 aliphatic heterocycles. The van der Waals surface area contributed by atoms with E-state index in [2.05, 4.69) is 13.8 Å². The highest BCUT2D eigenvalue weighted by Crippen LogP contribution is 2.36. The van der Waals surface area contributed by atoms with E-state index in [0.717, 1.165) is 6.16 Å². The molecule has 0 heterocycles. The molecule has 0 aromatic heterocycles. The number of aliphatic carboxylic acids is 1. The van der Waals surface area contributed by atoms with Crippen LogP contribution in [-0.4, -0.2) is 37.2 Å². The number of carbonyl (C=O) groups excluding carboxylic acids is 1. The van der Waals surface area contributed by atoms with Gasteiger partial charge in [-0.2, -0.15) is 0 Å². The highest BCUT2D eigenvalue weighted by atomic mass is 31.1. The molecule has 0 bridgehead atoms. The average molecular weight is 461 g/mol. The lowest BCUT2D eigenvalue weighted by Gasteiger charge is -2.28. The molecule has 0 radical (unpaired) electrons. The maximum Gasteiger partial charge on any atom is 0.349 e. The predicted molar refractivity (Wildman–Crippen MR) is 126 cm³/mol. The van der Waals surface area contributed by atoms with Crippen LogP contribution in [0.3, 0.4) is 0 Å². The van der Waals surface area contributed by atoms with Crippen molar-refractivity contribution in [1.29, 1.82) is 0 Å². The number of Topliss-reactive ketones (excluding diaryl/α,β-unsaturated/α-hetero) is 1. The van der Waals surface area contributed by atoms with Crippen LogP contribution >= 0.6 is 8.46 Å². The van der Waals surface area contributed by atoms with Crippen LogP contribution in [0.4, 0.5) is 0 Å². The van der Waals surface area contributed by atoms with Gasteiger partial charge in [-0.3, -0.25) is 9.36 Å². The first-order chi connectivity index (χ1) is 15.4. The molecule has 174 valence electrons. The van der Waals surface area contributed by atoms with E-state index in [1.54, 1.807) is 48.5 Å². The Labute approximate surface area is 192 Å². The molecule has 0 saturated carbocycles. The zero-order valence-electron chi connectivity index (χ0n) is 19.2. The number of rotatable bonds is 12. The summed E-state index contributed by atoms with van der Waals surface area (Å²) in [6.45, 7) is 4.37. The summed E-state index contributed by atoms with van der Waals surface area (Å²) in [4.78, 5) is 24.8. The van der Waals surface area contributed by atoms with Crippen LogP contribution in [0.25, 0.3) is 0 Å². The first-order valence-electron chi connectivity index (χ1n) is 10.7. The minimum Gasteiger partial charge on any atom is -0.496 e.